The van der Waals surface area contributed by atoms with Crippen LogP contribution in [0.2, 0.25) is 0 Å². The molecular formula is C13H11F3N2O2S. The number of benzene rings is 1. The lowest BCUT2D eigenvalue weighted by Gasteiger charge is -2.10. The second-order valence-electron chi connectivity index (χ2n) is 4.48. The van der Waals surface area contributed by atoms with Crippen molar-refractivity contribution < 1.29 is 21.6 Å². The molecule has 0 saturated carbocycles. The minimum Gasteiger partial charge on any atom is -0.241 e. The molecule has 21 heavy (non-hydrogen) atoms. The summed E-state index contributed by atoms with van der Waals surface area (Å²) in [5.74, 6) is 0.270. The van der Waals surface area contributed by atoms with Crippen LogP contribution in [0, 0.1) is 6.92 Å². The van der Waals surface area contributed by atoms with Gasteiger partial charge < -0.3 is 0 Å². The van der Waals surface area contributed by atoms with Crippen molar-refractivity contribution in [2.24, 2.45) is 0 Å². The highest BCUT2D eigenvalue weighted by molar-refractivity contribution is 7.90. The quantitative estimate of drug-likeness (QED) is 0.799. The molecule has 1 aromatic carbocycles. The monoisotopic (exact) mass is 316 g/mol. The van der Waals surface area contributed by atoms with Crippen molar-refractivity contribution in [1.29, 1.82) is 0 Å². The van der Waals surface area contributed by atoms with Gasteiger partial charge in [-0.05, 0) is 24.6 Å². The lowest BCUT2D eigenvalue weighted by Crippen LogP contribution is -2.07. The average molecular weight is 316 g/mol. The Morgan fingerprint density at radius 2 is 1.67 bits per heavy atom. The second kappa shape index (κ2) is 5.10. The number of hydrogen-bond donors (Lipinski definition) is 0. The zero-order valence-electron chi connectivity index (χ0n) is 11.1. The molecule has 2 aromatic rings. The van der Waals surface area contributed by atoms with Gasteiger partial charge in [0.15, 0.2) is 14.9 Å². The van der Waals surface area contributed by atoms with E-state index in [2.05, 4.69) is 9.97 Å². The molecule has 112 valence electrons. The Morgan fingerprint density at radius 1 is 1.10 bits per heavy atom. The molecule has 0 atom stereocenters. The molecule has 0 saturated heterocycles. The fourth-order valence-corrected chi connectivity index (χ4v) is 2.64. The van der Waals surface area contributed by atoms with Crippen LogP contribution in [0.15, 0.2) is 35.5 Å². The topological polar surface area (TPSA) is 59.9 Å². The van der Waals surface area contributed by atoms with Crippen molar-refractivity contribution in [1.82, 2.24) is 9.97 Å². The van der Waals surface area contributed by atoms with Crippen molar-refractivity contribution in [3.63, 3.8) is 0 Å². The summed E-state index contributed by atoms with van der Waals surface area (Å²) >= 11 is 0. The first-order chi connectivity index (χ1) is 9.59. The molecule has 0 aliphatic heterocycles. The second-order valence-corrected chi connectivity index (χ2v) is 6.41. The molecule has 8 heteroatoms. The number of nitrogens with zero attached hydrogens (tertiary/aromatic N) is 2. The van der Waals surface area contributed by atoms with Crippen LogP contribution in [-0.4, -0.2) is 24.6 Å². The van der Waals surface area contributed by atoms with Gasteiger partial charge in [-0.25, -0.2) is 18.4 Å². The molecule has 2 rings (SSSR count). The Kier molecular flexibility index (Phi) is 3.75. The Hall–Kier alpha value is -1.96. The van der Waals surface area contributed by atoms with E-state index in [1.165, 1.54) is 25.3 Å². The maximum atomic E-state index is 12.5. The van der Waals surface area contributed by atoms with E-state index in [-0.39, 0.29) is 16.4 Å². The number of hydrogen-bond acceptors (Lipinski definition) is 4. The predicted octanol–water partition coefficient (Wildman–Crippen LogP) is 2.87. The zero-order valence-corrected chi connectivity index (χ0v) is 12.0. The van der Waals surface area contributed by atoms with Crippen LogP contribution in [0.3, 0.4) is 0 Å². The van der Waals surface area contributed by atoms with Gasteiger partial charge in [-0.15, -0.1) is 0 Å². The van der Waals surface area contributed by atoms with E-state index in [9.17, 15) is 21.6 Å². The Labute approximate surface area is 119 Å². The van der Waals surface area contributed by atoms with Gasteiger partial charge in [0.1, 0.15) is 5.82 Å². The van der Waals surface area contributed by atoms with Gasteiger partial charge in [0, 0.05) is 18.0 Å². The van der Waals surface area contributed by atoms with Crippen LogP contribution in [0.25, 0.3) is 11.1 Å². The largest absolute Gasteiger partial charge is 0.416 e. The molecule has 0 bridgehead atoms. The van der Waals surface area contributed by atoms with Crippen LogP contribution in [-0.2, 0) is 16.0 Å². The zero-order chi connectivity index (χ0) is 15.8. The first kappa shape index (κ1) is 15.4. The Morgan fingerprint density at radius 3 is 2.14 bits per heavy atom. The molecule has 0 radical (unpaired) electrons. The number of aromatic nitrogens is 2. The molecule has 1 heterocycles. The van der Waals surface area contributed by atoms with Crippen LogP contribution < -0.4 is 0 Å². The number of halogens is 3. The summed E-state index contributed by atoms with van der Waals surface area (Å²) in [4.78, 5) is 7.77. The molecule has 0 aliphatic carbocycles. The maximum Gasteiger partial charge on any atom is 0.416 e. The van der Waals surface area contributed by atoms with E-state index < -0.39 is 21.6 Å². The van der Waals surface area contributed by atoms with Gasteiger partial charge in [-0.2, -0.15) is 13.2 Å². The van der Waals surface area contributed by atoms with Gasteiger partial charge in [0.2, 0.25) is 0 Å². The highest BCUT2D eigenvalue weighted by Gasteiger charge is 2.30. The first-order valence-electron chi connectivity index (χ1n) is 5.80. The molecule has 1 aromatic heterocycles. The van der Waals surface area contributed by atoms with E-state index in [1.54, 1.807) is 0 Å². The summed E-state index contributed by atoms with van der Waals surface area (Å²) < 4.78 is 61.0. The van der Waals surface area contributed by atoms with E-state index in [1.807, 2.05) is 0 Å². The molecule has 0 amide bonds. The van der Waals surface area contributed by atoms with Crippen LogP contribution in [0.4, 0.5) is 13.2 Å². The lowest BCUT2D eigenvalue weighted by molar-refractivity contribution is -0.137. The van der Waals surface area contributed by atoms with Crippen LogP contribution in [0.1, 0.15) is 11.4 Å². The fraction of sp³-hybridized carbons (Fsp3) is 0.231. The standard InChI is InChI=1S/C13H11F3N2O2S/c1-8-17-7-11(12(18-8)21(2,19)20)9-3-5-10(6-4-9)13(14,15)16/h3-7H,1-2H3. The SMILES string of the molecule is Cc1ncc(-c2ccc(C(F)(F)F)cc2)c(S(C)(=O)=O)n1. The molecule has 0 spiro atoms. The minimum atomic E-state index is -4.44. The molecule has 4 nitrogen and oxygen atoms in total. The lowest BCUT2D eigenvalue weighted by atomic mass is 10.1. The molecule has 0 aliphatic rings. The summed E-state index contributed by atoms with van der Waals surface area (Å²) in [6, 6.07) is 4.18. The summed E-state index contributed by atoms with van der Waals surface area (Å²) in [5.41, 5.74) is -0.319. The molecule has 0 unspecified atom stereocenters. The highest BCUT2D eigenvalue weighted by Crippen LogP contribution is 2.32. The number of rotatable bonds is 2. The molecular weight excluding hydrogens is 305 g/mol. The number of alkyl halides is 3. The van der Waals surface area contributed by atoms with Gasteiger partial charge in [-0.3, -0.25) is 0 Å². The summed E-state index contributed by atoms with van der Waals surface area (Å²) in [6.07, 6.45) is -2.16. The maximum absolute atomic E-state index is 12.5. The van der Waals surface area contributed by atoms with Crippen LogP contribution >= 0.6 is 0 Å². The van der Waals surface area contributed by atoms with Gasteiger partial charge in [-0.1, -0.05) is 12.1 Å². The highest BCUT2D eigenvalue weighted by atomic mass is 32.2. The van der Waals surface area contributed by atoms with Crippen LogP contribution in [0.5, 0.6) is 0 Å². The third-order valence-corrected chi connectivity index (χ3v) is 3.76. The normalized spacial score (nSPS) is 12.4. The number of aryl methyl sites for hydroxylation is 1. The van der Waals surface area contributed by atoms with E-state index in [0.29, 0.717) is 5.56 Å². The third kappa shape index (κ3) is 3.38. The van der Waals surface area contributed by atoms with Crippen molar-refractivity contribution >= 4 is 9.84 Å². The van der Waals surface area contributed by atoms with Crippen molar-refractivity contribution in [3.05, 3.63) is 41.9 Å². The smallest absolute Gasteiger partial charge is 0.241 e. The van der Waals surface area contributed by atoms with Crippen molar-refractivity contribution in [2.45, 2.75) is 18.1 Å². The van der Waals surface area contributed by atoms with Crippen molar-refractivity contribution in [3.8, 4) is 11.1 Å². The summed E-state index contributed by atoms with van der Waals surface area (Å²) in [6.45, 7) is 1.53. The fourth-order valence-electron chi connectivity index (χ4n) is 1.77. The number of sulfone groups is 1. The van der Waals surface area contributed by atoms with Gasteiger partial charge in [0.05, 0.1) is 5.56 Å². The Bertz CT molecular complexity index is 769. The summed E-state index contributed by atoms with van der Waals surface area (Å²) in [7, 11) is -3.62. The van der Waals surface area contributed by atoms with Gasteiger partial charge >= 0.3 is 6.18 Å². The van der Waals surface area contributed by atoms with E-state index >= 15 is 0 Å². The predicted molar refractivity (Wildman–Crippen MR) is 70.3 cm³/mol. The van der Waals surface area contributed by atoms with Crippen molar-refractivity contribution in [2.75, 3.05) is 6.26 Å². The van der Waals surface area contributed by atoms with E-state index in [4.69, 9.17) is 0 Å². The summed E-state index contributed by atoms with van der Waals surface area (Å²) in [5, 5.41) is -0.199. The average Bonchev–Trinajstić information content (AvgIpc) is 2.37. The Balaban J connectivity index is 2.58. The molecule has 0 N–H and O–H groups in total. The third-order valence-electron chi connectivity index (χ3n) is 2.75. The first-order valence-corrected chi connectivity index (χ1v) is 7.69. The van der Waals surface area contributed by atoms with E-state index in [0.717, 1.165) is 18.4 Å². The minimum absolute atomic E-state index is 0.178. The molecule has 0 fully saturated rings. The van der Waals surface area contributed by atoms with Gasteiger partial charge in [0.25, 0.3) is 0 Å².